The van der Waals surface area contributed by atoms with Gasteiger partial charge in [0, 0.05) is 12.1 Å². The van der Waals surface area contributed by atoms with Crippen molar-refractivity contribution < 1.29 is 4.42 Å². The molecule has 16 heavy (non-hydrogen) atoms. The summed E-state index contributed by atoms with van der Waals surface area (Å²) in [7, 11) is 0. The quantitative estimate of drug-likeness (QED) is 0.933. The molecular weight excluding hydrogens is 272 g/mol. The lowest BCUT2D eigenvalue weighted by atomic mass is 10.1. The smallest absolute Gasteiger partial charge is 0.174 e. The molecule has 0 aliphatic heterocycles. The average Bonchev–Trinajstić information content (AvgIpc) is 2.87. The predicted molar refractivity (Wildman–Crippen MR) is 62.8 cm³/mol. The van der Waals surface area contributed by atoms with Gasteiger partial charge in [-0.3, -0.25) is 0 Å². The third-order valence-electron chi connectivity index (χ3n) is 2.38. The largest absolute Gasteiger partial charge is 0.457 e. The maximum Gasteiger partial charge on any atom is 0.174 e. The molecule has 2 aromatic heterocycles. The Labute approximate surface area is 102 Å². The topological polar surface area (TPSA) is 69.9 Å². The Morgan fingerprint density at radius 3 is 3.06 bits per heavy atom. The first-order chi connectivity index (χ1) is 7.74. The normalized spacial score (nSPS) is 12.9. The van der Waals surface area contributed by atoms with Crippen LogP contribution in [-0.4, -0.2) is 15.0 Å². The second-order valence-corrected chi connectivity index (χ2v) is 4.23. The van der Waals surface area contributed by atoms with Crippen molar-refractivity contribution in [2.75, 3.05) is 0 Å². The molecular formula is C10H13BrN4O. The van der Waals surface area contributed by atoms with Gasteiger partial charge in [0.2, 0.25) is 0 Å². The first-order valence-electron chi connectivity index (χ1n) is 5.11. The number of nitrogens with zero attached hydrogens (tertiary/aromatic N) is 3. The van der Waals surface area contributed by atoms with E-state index < -0.39 is 0 Å². The van der Waals surface area contributed by atoms with Gasteiger partial charge in [0.05, 0.1) is 24.2 Å². The number of aromatic nitrogens is 3. The van der Waals surface area contributed by atoms with E-state index in [9.17, 15) is 0 Å². The Bertz CT molecular complexity index is 465. The molecule has 2 rings (SSSR count). The summed E-state index contributed by atoms with van der Waals surface area (Å²) in [5, 5.41) is 7.90. The lowest BCUT2D eigenvalue weighted by Gasteiger charge is -2.11. The van der Waals surface area contributed by atoms with E-state index in [1.807, 2.05) is 10.7 Å². The molecule has 0 spiro atoms. The third-order valence-corrected chi connectivity index (χ3v) is 3.03. The molecule has 1 atom stereocenters. The van der Waals surface area contributed by atoms with E-state index in [2.05, 4.69) is 33.2 Å². The molecule has 0 saturated carbocycles. The van der Waals surface area contributed by atoms with Crippen LogP contribution in [0.4, 0.5) is 0 Å². The van der Waals surface area contributed by atoms with Crippen molar-refractivity contribution in [3.05, 3.63) is 34.5 Å². The van der Waals surface area contributed by atoms with E-state index in [1.165, 1.54) is 0 Å². The summed E-state index contributed by atoms with van der Waals surface area (Å²) < 4.78 is 7.65. The van der Waals surface area contributed by atoms with Crippen molar-refractivity contribution in [1.29, 1.82) is 0 Å². The van der Waals surface area contributed by atoms with Gasteiger partial charge in [-0.05, 0) is 28.4 Å². The maximum absolute atomic E-state index is 6.15. The van der Waals surface area contributed by atoms with E-state index in [-0.39, 0.29) is 6.04 Å². The number of rotatable bonds is 4. The lowest BCUT2D eigenvalue weighted by molar-refractivity contribution is 0.523. The molecule has 0 aromatic carbocycles. The van der Waals surface area contributed by atoms with Crippen LogP contribution in [-0.2, 0) is 6.54 Å². The first kappa shape index (κ1) is 11.3. The summed E-state index contributed by atoms with van der Waals surface area (Å²) in [6.45, 7) is 2.91. The second-order valence-electron chi connectivity index (χ2n) is 3.51. The van der Waals surface area contributed by atoms with Gasteiger partial charge in [-0.1, -0.05) is 12.1 Å². The number of furan rings is 1. The summed E-state index contributed by atoms with van der Waals surface area (Å²) in [5.41, 5.74) is 7.94. The van der Waals surface area contributed by atoms with Gasteiger partial charge in [-0.25, -0.2) is 4.68 Å². The molecule has 1 unspecified atom stereocenters. The van der Waals surface area contributed by atoms with Crippen molar-refractivity contribution >= 4 is 15.9 Å². The Kier molecular flexibility index (Phi) is 3.40. The summed E-state index contributed by atoms with van der Waals surface area (Å²) in [6.07, 6.45) is 4.29. The van der Waals surface area contributed by atoms with Gasteiger partial charge in [0.1, 0.15) is 0 Å². The Balaban J connectivity index is 2.30. The van der Waals surface area contributed by atoms with E-state index in [1.54, 1.807) is 12.5 Å². The average molecular weight is 285 g/mol. The van der Waals surface area contributed by atoms with Gasteiger partial charge < -0.3 is 10.2 Å². The lowest BCUT2D eigenvalue weighted by Crippen LogP contribution is -2.17. The first-order valence-corrected chi connectivity index (χ1v) is 5.90. The van der Waals surface area contributed by atoms with Crippen molar-refractivity contribution in [3.63, 3.8) is 0 Å². The zero-order chi connectivity index (χ0) is 11.5. The molecule has 2 N–H and O–H groups in total. The molecule has 5 nitrogen and oxygen atoms in total. The molecule has 0 amide bonds. The van der Waals surface area contributed by atoms with Gasteiger partial charge in [0.25, 0.3) is 0 Å². The van der Waals surface area contributed by atoms with E-state index in [0.29, 0.717) is 4.67 Å². The Morgan fingerprint density at radius 2 is 2.44 bits per heavy atom. The van der Waals surface area contributed by atoms with Crippen LogP contribution in [0.1, 0.15) is 30.6 Å². The highest BCUT2D eigenvalue weighted by Gasteiger charge is 2.18. The van der Waals surface area contributed by atoms with Crippen LogP contribution in [0, 0.1) is 0 Å². The van der Waals surface area contributed by atoms with Gasteiger partial charge >= 0.3 is 0 Å². The highest BCUT2D eigenvalue weighted by Crippen LogP contribution is 2.27. The van der Waals surface area contributed by atoms with Crippen molar-refractivity contribution in [1.82, 2.24) is 15.0 Å². The van der Waals surface area contributed by atoms with Crippen LogP contribution in [0.25, 0.3) is 0 Å². The molecule has 0 bridgehead atoms. The summed E-state index contributed by atoms with van der Waals surface area (Å²) in [6, 6.07) is 1.58. The molecule has 0 fully saturated rings. The van der Waals surface area contributed by atoms with Crippen LogP contribution in [0.3, 0.4) is 0 Å². The Morgan fingerprint density at radius 1 is 1.62 bits per heavy atom. The summed E-state index contributed by atoms with van der Waals surface area (Å²) in [4.78, 5) is 0. The number of nitrogens with two attached hydrogens (primary N) is 1. The van der Waals surface area contributed by atoms with Crippen molar-refractivity contribution in [3.8, 4) is 0 Å². The minimum absolute atomic E-state index is 0.269. The minimum atomic E-state index is -0.269. The van der Waals surface area contributed by atoms with Crippen molar-refractivity contribution in [2.24, 2.45) is 5.73 Å². The molecule has 0 aliphatic rings. The summed E-state index contributed by atoms with van der Waals surface area (Å²) >= 11 is 3.32. The van der Waals surface area contributed by atoms with Crippen molar-refractivity contribution in [2.45, 2.75) is 25.9 Å². The number of hydrogen-bond acceptors (Lipinski definition) is 4. The predicted octanol–water partition coefficient (Wildman–Crippen LogP) is 2.09. The number of hydrogen-bond donors (Lipinski definition) is 1. The second kappa shape index (κ2) is 4.80. The van der Waals surface area contributed by atoms with Crippen LogP contribution in [0.2, 0.25) is 0 Å². The fourth-order valence-electron chi connectivity index (χ4n) is 1.58. The third kappa shape index (κ3) is 2.03. The van der Waals surface area contributed by atoms with E-state index >= 15 is 0 Å². The molecule has 0 radical (unpaired) electrons. The van der Waals surface area contributed by atoms with Crippen LogP contribution in [0.15, 0.2) is 27.6 Å². The summed E-state index contributed by atoms with van der Waals surface area (Å²) in [5.74, 6) is 0. The molecule has 2 heterocycles. The molecule has 86 valence electrons. The minimum Gasteiger partial charge on any atom is -0.457 e. The SMILES string of the molecule is CCCn1nncc1C(N)c1ccoc1Br. The highest BCUT2D eigenvalue weighted by molar-refractivity contribution is 9.10. The fraction of sp³-hybridized carbons (Fsp3) is 0.400. The van der Waals surface area contributed by atoms with E-state index in [0.717, 1.165) is 24.2 Å². The van der Waals surface area contributed by atoms with Crippen LogP contribution in [0.5, 0.6) is 0 Å². The molecule has 2 aromatic rings. The number of halogens is 1. The number of aryl methyl sites for hydroxylation is 1. The standard InChI is InChI=1S/C10H13BrN4O/c1-2-4-15-8(6-13-14-15)9(12)7-3-5-16-10(7)11/h3,5-6,9H,2,4,12H2,1H3. The van der Waals surface area contributed by atoms with Crippen LogP contribution >= 0.6 is 15.9 Å². The Hall–Kier alpha value is -1.14. The van der Waals surface area contributed by atoms with Gasteiger partial charge in [-0.15, -0.1) is 5.10 Å². The highest BCUT2D eigenvalue weighted by atomic mass is 79.9. The maximum atomic E-state index is 6.15. The van der Waals surface area contributed by atoms with Crippen LogP contribution < -0.4 is 5.73 Å². The van der Waals surface area contributed by atoms with E-state index in [4.69, 9.17) is 10.2 Å². The molecule has 0 aliphatic carbocycles. The monoisotopic (exact) mass is 284 g/mol. The molecule has 0 saturated heterocycles. The van der Waals surface area contributed by atoms with Gasteiger partial charge in [-0.2, -0.15) is 0 Å². The fourth-order valence-corrected chi connectivity index (χ4v) is 2.06. The zero-order valence-electron chi connectivity index (χ0n) is 8.93. The zero-order valence-corrected chi connectivity index (χ0v) is 10.5. The van der Waals surface area contributed by atoms with Gasteiger partial charge in [0.15, 0.2) is 4.67 Å². The molecule has 6 heteroatoms.